The molecule has 2 nitrogen and oxygen atoms in total. The van der Waals surface area contributed by atoms with Gasteiger partial charge in [0.15, 0.2) is 0 Å². The molecule has 0 aromatic carbocycles. The van der Waals surface area contributed by atoms with Crippen molar-refractivity contribution in [2.45, 2.75) is 95.8 Å². The third-order valence-corrected chi connectivity index (χ3v) is 4.92. The fraction of sp³-hybridized carbons (Fsp3) is 1.00. The largest absolute Gasteiger partial charge is 0.396 e. The molecule has 2 N–H and O–H groups in total. The van der Waals surface area contributed by atoms with Gasteiger partial charge in [0.1, 0.15) is 0 Å². The molecule has 0 saturated carbocycles. The highest BCUT2D eigenvalue weighted by atomic mass is 35.5. The second kappa shape index (κ2) is 16.6. The minimum atomic E-state index is 0.110. The number of alkyl halides is 1. The molecule has 21 heavy (non-hydrogen) atoms. The van der Waals surface area contributed by atoms with Crippen LogP contribution in [-0.2, 0) is 0 Å². The smallest absolute Gasteiger partial charge is 0.0434 e. The Bertz CT molecular complexity index is 194. The normalized spacial score (nSPS) is 13.0. The monoisotopic (exact) mass is 320 g/mol. The molecule has 0 spiro atoms. The van der Waals surface area contributed by atoms with Crippen LogP contribution in [0, 0.1) is 5.92 Å². The number of rotatable bonds is 16. The van der Waals surface area contributed by atoms with E-state index >= 15 is 0 Å². The Kier molecular flexibility index (Phi) is 16.7. The molecule has 0 heterocycles. The van der Waals surface area contributed by atoms with E-state index in [0.717, 1.165) is 6.42 Å². The molecule has 128 valence electrons. The molecule has 0 radical (unpaired) electrons. The molecule has 0 rings (SSSR count). The van der Waals surface area contributed by atoms with Gasteiger partial charge in [-0.3, -0.25) is 0 Å². The number of aliphatic hydroxyl groups is 2. The van der Waals surface area contributed by atoms with Gasteiger partial charge >= 0.3 is 0 Å². The second-order valence-corrected chi connectivity index (χ2v) is 6.83. The molecule has 0 fully saturated rings. The molecule has 0 aliphatic heterocycles. The summed E-state index contributed by atoms with van der Waals surface area (Å²) in [5.41, 5.74) is 0. The van der Waals surface area contributed by atoms with Crippen molar-refractivity contribution < 1.29 is 10.2 Å². The molecule has 1 unspecified atom stereocenters. The van der Waals surface area contributed by atoms with E-state index < -0.39 is 0 Å². The first kappa shape index (κ1) is 21.2. The summed E-state index contributed by atoms with van der Waals surface area (Å²) in [6, 6.07) is 0. The summed E-state index contributed by atoms with van der Waals surface area (Å²) in [6.45, 7) is 2.60. The Morgan fingerprint density at radius 1 is 0.667 bits per heavy atom. The Hall–Kier alpha value is 0.210. The predicted octanol–water partition coefficient (Wildman–Crippen LogP) is 5.29. The zero-order valence-electron chi connectivity index (χ0n) is 14.0. The number of unbranched alkanes of at least 4 members (excludes halogenated alkanes) is 9. The molecular formula is C18H37ClO2. The van der Waals surface area contributed by atoms with Crippen LogP contribution in [0.5, 0.6) is 0 Å². The van der Waals surface area contributed by atoms with Crippen LogP contribution in [-0.4, -0.2) is 28.8 Å². The lowest BCUT2D eigenvalue weighted by Gasteiger charge is -2.20. The zero-order valence-corrected chi connectivity index (χ0v) is 14.8. The SMILES string of the molecule is CCCCCCCCCCCCC(Cl)C(CCO)CCO. The van der Waals surface area contributed by atoms with Crippen molar-refractivity contribution >= 4 is 11.6 Å². The third-order valence-electron chi connectivity index (χ3n) is 4.34. The summed E-state index contributed by atoms with van der Waals surface area (Å²) in [5.74, 6) is 0.264. The van der Waals surface area contributed by atoms with Crippen molar-refractivity contribution in [1.82, 2.24) is 0 Å². The van der Waals surface area contributed by atoms with E-state index in [0.29, 0.717) is 12.8 Å². The highest BCUT2D eigenvalue weighted by Gasteiger charge is 2.17. The van der Waals surface area contributed by atoms with Gasteiger partial charge in [0, 0.05) is 18.6 Å². The van der Waals surface area contributed by atoms with Crippen LogP contribution < -0.4 is 0 Å². The van der Waals surface area contributed by atoms with Crippen LogP contribution in [0.4, 0.5) is 0 Å². The average Bonchev–Trinajstić information content (AvgIpc) is 2.48. The first-order valence-corrected chi connectivity index (χ1v) is 9.55. The number of hydrogen-bond acceptors (Lipinski definition) is 2. The average molecular weight is 321 g/mol. The molecular weight excluding hydrogens is 284 g/mol. The van der Waals surface area contributed by atoms with Crippen LogP contribution in [0.1, 0.15) is 90.4 Å². The summed E-state index contributed by atoms with van der Waals surface area (Å²) in [5, 5.41) is 18.1. The Morgan fingerprint density at radius 2 is 1.10 bits per heavy atom. The summed E-state index contributed by atoms with van der Waals surface area (Å²) in [6.07, 6.45) is 15.9. The molecule has 0 saturated heterocycles. The lowest BCUT2D eigenvalue weighted by molar-refractivity contribution is 0.209. The lowest BCUT2D eigenvalue weighted by Crippen LogP contribution is -2.18. The van der Waals surface area contributed by atoms with Gasteiger partial charge in [0.05, 0.1) is 0 Å². The van der Waals surface area contributed by atoms with E-state index in [4.69, 9.17) is 21.8 Å². The quantitative estimate of drug-likeness (QED) is 0.300. The molecule has 3 heteroatoms. The summed E-state index contributed by atoms with van der Waals surface area (Å²) in [4.78, 5) is 0. The van der Waals surface area contributed by atoms with Crippen LogP contribution in [0.15, 0.2) is 0 Å². The van der Waals surface area contributed by atoms with Gasteiger partial charge in [-0.2, -0.15) is 0 Å². The van der Waals surface area contributed by atoms with Gasteiger partial charge in [0.2, 0.25) is 0 Å². The number of hydrogen-bond donors (Lipinski definition) is 2. The van der Waals surface area contributed by atoms with Gasteiger partial charge in [-0.15, -0.1) is 11.6 Å². The highest BCUT2D eigenvalue weighted by molar-refractivity contribution is 6.20. The van der Waals surface area contributed by atoms with E-state index in [2.05, 4.69) is 6.92 Å². The summed E-state index contributed by atoms with van der Waals surface area (Å²) in [7, 11) is 0. The van der Waals surface area contributed by atoms with E-state index in [9.17, 15) is 0 Å². The van der Waals surface area contributed by atoms with Crippen molar-refractivity contribution in [3.05, 3.63) is 0 Å². The minimum absolute atomic E-state index is 0.110. The number of halogens is 1. The molecule has 0 aromatic heterocycles. The molecule has 0 aliphatic rings. The first-order chi connectivity index (χ1) is 10.3. The topological polar surface area (TPSA) is 40.5 Å². The summed E-state index contributed by atoms with van der Waals surface area (Å²) >= 11 is 6.39. The third kappa shape index (κ3) is 13.6. The predicted molar refractivity (Wildman–Crippen MR) is 93.0 cm³/mol. The van der Waals surface area contributed by atoms with Gasteiger partial charge in [-0.05, 0) is 25.2 Å². The van der Waals surface area contributed by atoms with Crippen molar-refractivity contribution in [1.29, 1.82) is 0 Å². The molecule has 0 bridgehead atoms. The van der Waals surface area contributed by atoms with E-state index in [1.165, 1.54) is 64.2 Å². The second-order valence-electron chi connectivity index (χ2n) is 6.27. The Morgan fingerprint density at radius 3 is 1.52 bits per heavy atom. The van der Waals surface area contributed by atoms with Crippen LogP contribution >= 0.6 is 11.6 Å². The van der Waals surface area contributed by atoms with E-state index in [-0.39, 0.29) is 24.5 Å². The molecule has 0 aliphatic carbocycles. The van der Waals surface area contributed by atoms with Crippen molar-refractivity contribution in [2.24, 2.45) is 5.92 Å². The van der Waals surface area contributed by atoms with E-state index in [1.807, 2.05) is 0 Å². The highest BCUT2D eigenvalue weighted by Crippen LogP contribution is 2.24. The van der Waals surface area contributed by atoms with Gasteiger partial charge < -0.3 is 10.2 Å². The van der Waals surface area contributed by atoms with Crippen LogP contribution in [0.3, 0.4) is 0 Å². The zero-order chi connectivity index (χ0) is 15.8. The Balaban J connectivity index is 3.39. The number of aliphatic hydroxyl groups excluding tert-OH is 2. The van der Waals surface area contributed by atoms with Crippen LogP contribution in [0.2, 0.25) is 0 Å². The van der Waals surface area contributed by atoms with Crippen molar-refractivity contribution in [3.8, 4) is 0 Å². The van der Waals surface area contributed by atoms with Crippen molar-refractivity contribution in [3.63, 3.8) is 0 Å². The maximum absolute atomic E-state index is 9.02. The first-order valence-electron chi connectivity index (χ1n) is 9.12. The molecule has 0 aromatic rings. The Labute approximate surface area is 137 Å². The van der Waals surface area contributed by atoms with Gasteiger partial charge in [-0.25, -0.2) is 0 Å². The minimum Gasteiger partial charge on any atom is -0.396 e. The van der Waals surface area contributed by atoms with E-state index in [1.54, 1.807) is 0 Å². The van der Waals surface area contributed by atoms with Crippen molar-refractivity contribution in [2.75, 3.05) is 13.2 Å². The maximum Gasteiger partial charge on any atom is 0.0434 e. The maximum atomic E-state index is 9.02. The molecule has 0 amide bonds. The lowest BCUT2D eigenvalue weighted by atomic mass is 9.94. The standard InChI is InChI=1S/C18H37ClO2/c1-2-3-4-5-6-7-8-9-10-11-12-18(19)17(13-15-20)14-16-21/h17-18,20-21H,2-16H2,1H3. The van der Waals surface area contributed by atoms with Crippen LogP contribution in [0.25, 0.3) is 0 Å². The summed E-state index contributed by atoms with van der Waals surface area (Å²) < 4.78 is 0. The van der Waals surface area contributed by atoms with Gasteiger partial charge in [-0.1, -0.05) is 71.1 Å². The fourth-order valence-electron chi connectivity index (χ4n) is 2.90. The fourth-order valence-corrected chi connectivity index (χ4v) is 3.31. The molecule has 1 atom stereocenters. The van der Waals surface area contributed by atoms with Gasteiger partial charge in [0.25, 0.3) is 0 Å².